The fraction of sp³-hybridized carbons (Fsp3) is 0.350. The van der Waals surface area contributed by atoms with Crippen molar-refractivity contribution in [3.63, 3.8) is 0 Å². The second kappa shape index (κ2) is 9.15. The van der Waals surface area contributed by atoms with Gasteiger partial charge in [-0.2, -0.15) is 0 Å². The van der Waals surface area contributed by atoms with Gasteiger partial charge >= 0.3 is 0 Å². The Morgan fingerprint density at radius 1 is 1.34 bits per heavy atom. The van der Waals surface area contributed by atoms with Gasteiger partial charge in [-0.15, -0.1) is 0 Å². The van der Waals surface area contributed by atoms with Crippen molar-refractivity contribution in [3.05, 3.63) is 47.3 Å². The predicted molar refractivity (Wildman–Crippen MR) is 115 cm³/mol. The number of ether oxygens (including phenoxy) is 1. The number of methoxy groups -OCH3 is 1. The largest absolute Gasteiger partial charge is 0.496 e. The highest BCUT2D eigenvalue weighted by atomic mass is 32.2. The summed E-state index contributed by atoms with van der Waals surface area (Å²) in [7, 11) is 3.50. The lowest BCUT2D eigenvalue weighted by atomic mass is 10.2. The van der Waals surface area contributed by atoms with Crippen molar-refractivity contribution in [2.75, 3.05) is 26.7 Å². The van der Waals surface area contributed by atoms with E-state index in [1.807, 2.05) is 48.9 Å². The van der Waals surface area contributed by atoms with E-state index in [4.69, 9.17) is 15.6 Å². The van der Waals surface area contributed by atoms with Gasteiger partial charge in [0.2, 0.25) is 0 Å². The number of carbonyl (C=O) groups is 1. The Hall–Kier alpha value is -2.78. The van der Waals surface area contributed by atoms with Gasteiger partial charge in [0.15, 0.2) is 0 Å². The van der Waals surface area contributed by atoms with E-state index in [1.54, 1.807) is 24.0 Å². The minimum atomic E-state index is -0.144. The maximum Gasteiger partial charge on any atom is 0.268 e. The molecular weight excluding hydrogens is 388 g/mol. The Kier molecular flexibility index (Phi) is 6.60. The van der Waals surface area contributed by atoms with Gasteiger partial charge in [0.25, 0.3) is 5.91 Å². The number of carbonyl (C=O) groups excluding carboxylic acids is 1. The molecule has 8 nitrogen and oxygen atoms in total. The molecule has 29 heavy (non-hydrogen) atoms. The molecule has 2 aromatic rings. The lowest BCUT2D eigenvalue weighted by Gasteiger charge is -2.32. The van der Waals surface area contributed by atoms with Crippen LogP contribution in [0.25, 0.3) is 0 Å². The van der Waals surface area contributed by atoms with Crippen LogP contribution in [0.1, 0.15) is 21.7 Å². The number of aromatic nitrogens is 1. The number of amidine groups is 1. The van der Waals surface area contributed by atoms with Crippen LogP contribution in [0.2, 0.25) is 0 Å². The number of benzene rings is 1. The zero-order valence-corrected chi connectivity index (χ0v) is 17.7. The summed E-state index contributed by atoms with van der Waals surface area (Å²) in [6.07, 6.45) is 1.20. The molecule has 154 valence electrons. The van der Waals surface area contributed by atoms with E-state index in [-0.39, 0.29) is 5.91 Å². The molecule has 0 saturated carbocycles. The van der Waals surface area contributed by atoms with Crippen molar-refractivity contribution >= 4 is 30.0 Å². The van der Waals surface area contributed by atoms with Gasteiger partial charge in [0.1, 0.15) is 17.3 Å². The molecule has 1 aliphatic rings. The molecule has 0 bridgehead atoms. The van der Waals surface area contributed by atoms with E-state index in [9.17, 15) is 4.79 Å². The summed E-state index contributed by atoms with van der Waals surface area (Å²) >= 11 is 1.55. The highest BCUT2D eigenvalue weighted by Gasteiger charge is 2.23. The first-order valence-electron chi connectivity index (χ1n) is 9.28. The number of piperazine rings is 1. The smallest absolute Gasteiger partial charge is 0.268 e. The van der Waals surface area contributed by atoms with Crippen LogP contribution in [0, 0.1) is 17.7 Å². The van der Waals surface area contributed by atoms with Crippen LogP contribution in [0.15, 0.2) is 35.2 Å². The molecule has 1 saturated heterocycles. The van der Waals surface area contributed by atoms with Crippen LogP contribution in [-0.2, 0) is 13.6 Å². The minimum Gasteiger partial charge on any atom is -0.496 e. The zero-order valence-electron chi connectivity index (χ0n) is 16.9. The first kappa shape index (κ1) is 20.9. The summed E-state index contributed by atoms with van der Waals surface area (Å²) < 4.78 is 9.31. The second-order valence-corrected chi connectivity index (χ2v) is 7.90. The van der Waals surface area contributed by atoms with Gasteiger partial charge in [0, 0.05) is 42.8 Å². The van der Waals surface area contributed by atoms with Crippen molar-refractivity contribution < 1.29 is 9.53 Å². The van der Waals surface area contributed by atoms with Gasteiger partial charge < -0.3 is 19.5 Å². The average Bonchev–Trinajstić information content (AvgIpc) is 3.01. The molecule has 1 amide bonds. The third kappa shape index (κ3) is 4.63. The van der Waals surface area contributed by atoms with Crippen LogP contribution >= 0.6 is 11.9 Å². The summed E-state index contributed by atoms with van der Waals surface area (Å²) in [5.74, 6) is 1.01. The SMILES string of the molecule is COc1ccccc1CNC(=O)c1cc(SN2CCN(C=N)C(=N)C2)c(C)n1C. The molecule has 0 radical (unpaired) electrons. The molecule has 0 unspecified atom stereocenters. The number of para-hydroxylation sites is 1. The first-order valence-corrected chi connectivity index (χ1v) is 10.1. The van der Waals surface area contributed by atoms with E-state index in [0.29, 0.717) is 31.2 Å². The zero-order chi connectivity index (χ0) is 21.0. The Morgan fingerprint density at radius 2 is 2.10 bits per heavy atom. The van der Waals surface area contributed by atoms with Gasteiger partial charge in [0.05, 0.1) is 20.0 Å². The molecule has 1 aromatic heterocycles. The monoisotopic (exact) mass is 414 g/mol. The number of hydrogen-bond donors (Lipinski definition) is 3. The van der Waals surface area contributed by atoms with Crippen LogP contribution < -0.4 is 10.1 Å². The number of amides is 1. The van der Waals surface area contributed by atoms with Crippen LogP contribution in [0.5, 0.6) is 5.75 Å². The fourth-order valence-electron chi connectivity index (χ4n) is 3.15. The molecule has 1 aromatic carbocycles. The average molecular weight is 415 g/mol. The Balaban J connectivity index is 1.67. The Morgan fingerprint density at radius 3 is 2.79 bits per heavy atom. The van der Waals surface area contributed by atoms with Gasteiger partial charge in [-0.25, -0.2) is 4.31 Å². The number of nitrogens with one attached hydrogen (secondary N) is 3. The molecule has 0 atom stereocenters. The Bertz CT molecular complexity index is 926. The van der Waals surface area contributed by atoms with Crippen molar-refractivity contribution in [1.29, 1.82) is 10.8 Å². The van der Waals surface area contributed by atoms with Crippen molar-refractivity contribution in [2.24, 2.45) is 7.05 Å². The molecule has 3 N–H and O–H groups in total. The van der Waals surface area contributed by atoms with Crippen LogP contribution in [-0.4, -0.2) is 58.6 Å². The highest BCUT2D eigenvalue weighted by Crippen LogP contribution is 2.29. The van der Waals surface area contributed by atoms with Crippen molar-refractivity contribution in [3.8, 4) is 5.75 Å². The predicted octanol–water partition coefficient (Wildman–Crippen LogP) is 2.48. The molecule has 0 aliphatic carbocycles. The summed E-state index contributed by atoms with van der Waals surface area (Å²) in [6.45, 7) is 4.19. The maximum atomic E-state index is 12.8. The third-order valence-corrected chi connectivity index (χ3v) is 6.18. The second-order valence-electron chi connectivity index (χ2n) is 6.76. The van der Waals surface area contributed by atoms with E-state index in [1.165, 1.54) is 6.34 Å². The molecule has 9 heteroatoms. The summed E-state index contributed by atoms with van der Waals surface area (Å²) in [5.41, 5.74) is 2.51. The third-order valence-electron chi connectivity index (χ3n) is 5.00. The topological polar surface area (TPSA) is 97.4 Å². The Labute approximate surface area is 175 Å². The standard InChI is InChI=1S/C20H26N6O2S/c1-14-18(29-26-9-8-25(13-21)19(22)12-26)10-16(24(14)2)20(27)23-11-15-6-4-5-7-17(15)28-3/h4-7,10,13,21-22H,8-9,11-12H2,1-3H3,(H,23,27). The summed E-state index contributed by atoms with van der Waals surface area (Å²) in [6, 6.07) is 9.51. The lowest BCUT2D eigenvalue weighted by molar-refractivity contribution is 0.0942. The maximum absolute atomic E-state index is 12.8. The van der Waals surface area contributed by atoms with Gasteiger partial charge in [-0.3, -0.25) is 15.6 Å². The number of hydrogen-bond acceptors (Lipinski definition) is 6. The lowest BCUT2D eigenvalue weighted by Crippen LogP contribution is -2.46. The molecule has 1 aliphatic heterocycles. The normalized spacial score (nSPS) is 14.7. The molecule has 1 fully saturated rings. The summed E-state index contributed by atoms with van der Waals surface area (Å²) in [4.78, 5) is 15.4. The van der Waals surface area contributed by atoms with Crippen LogP contribution in [0.4, 0.5) is 0 Å². The van der Waals surface area contributed by atoms with Gasteiger partial charge in [-0.05, 0) is 31.0 Å². The van der Waals surface area contributed by atoms with Crippen molar-refractivity contribution in [2.45, 2.75) is 18.4 Å². The molecule has 0 spiro atoms. The molecule has 3 rings (SSSR count). The van der Waals surface area contributed by atoms with Crippen molar-refractivity contribution in [1.82, 2.24) is 19.1 Å². The van der Waals surface area contributed by atoms with E-state index >= 15 is 0 Å². The molecule has 2 heterocycles. The van der Waals surface area contributed by atoms with E-state index < -0.39 is 0 Å². The van der Waals surface area contributed by atoms with E-state index in [0.717, 1.165) is 28.4 Å². The molecular formula is C20H26N6O2S. The van der Waals surface area contributed by atoms with Gasteiger partial charge in [-0.1, -0.05) is 18.2 Å². The van der Waals surface area contributed by atoms with Crippen LogP contribution in [0.3, 0.4) is 0 Å². The minimum absolute atomic E-state index is 0.144. The highest BCUT2D eigenvalue weighted by molar-refractivity contribution is 7.97. The quantitative estimate of drug-likeness (QED) is 0.367. The summed E-state index contributed by atoms with van der Waals surface area (Å²) in [5, 5.41) is 18.3. The first-order chi connectivity index (χ1) is 13.9. The number of rotatable bonds is 7. The fourth-order valence-corrected chi connectivity index (χ4v) is 4.22. The van der Waals surface area contributed by atoms with E-state index in [2.05, 4.69) is 9.62 Å². The number of nitrogens with zero attached hydrogens (tertiary/aromatic N) is 3.